The second kappa shape index (κ2) is 3.33. The number of nitrogens with two attached hydrogens (primary N) is 2. The van der Waals surface area contributed by atoms with E-state index in [0.29, 0.717) is 16.9 Å². The minimum Gasteiger partial charge on any atom is -0.397 e. The fourth-order valence-corrected chi connectivity index (χ4v) is 1.15. The lowest BCUT2D eigenvalue weighted by Gasteiger charge is -2.16. The molecule has 0 aromatic heterocycles. The first-order valence-electron chi connectivity index (χ1n) is 4.52. The van der Waals surface area contributed by atoms with Crippen LogP contribution in [0.3, 0.4) is 0 Å². The number of benzene rings is 1. The zero-order valence-electron chi connectivity index (χ0n) is 8.79. The van der Waals surface area contributed by atoms with Crippen LogP contribution in [-0.4, -0.2) is 5.78 Å². The van der Waals surface area contributed by atoms with Gasteiger partial charge in [-0.25, -0.2) is 0 Å². The van der Waals surface area contributed by atoms with E-state index < -0.39 is 0 Å². The van der Waals surface area contributed by atoms with E-state index in [1.165, 1.54) is 0 Å². The van der Waals surface area contributed by atoms with Gasteiger partial charge in [0.15, 0.2) is 5.78 Å². The van der Waals surface area contributed by atoms with Crippen molar-refractivity contribution in [2.24, 2.45) is 5.41 Å². The average molecular weight is 192 g/mol. The summed E-state index contributed by atoms with van der Waals surface area (Å²) in [4.78, 5) is 11.8. The second-order valence-electron chi connectivity index (χ2n) is 4.42. The monoisotopic (exact) mass is 192 g/mol. The Hall–Kier alpha value is -1.51. The summed E-state index contributed by atoms with van der Waals surface area (Å²) < 4.78 is 0. The van der Waals surface area contributed by atoms with E-state index in [0.717, 1.165) is 0 Å². The van der Waals surface area contributed by atoms with Crippen molar-refractivity contribution in [3.05, 3.63) is 23.8 Å². The van der Waals surface area contributed by atoms with Gasteiger partial charge in [-0.1, -0.05) is 20.8 Å². The van der Waals surface area contributed by atoms with Crippen molar-refractivity contribution in [1.82, 2.24) is 0 Å². The van der Waals surface area contributed by atoms with Crippen LogP contribution in [-0.2, 0) is 0 Å². The topological polar surface area (TPSA) is 69.1 Å². The van der Waals surface area contributed by atoms with Gasteiger partial charge in [0.2, 0.25) is 0 Å². The normalized spacial score (nSPS) is 11.4. The van der Waals surface area contributed by atoms with Gasteiger partial charge in [-0.15, -0.1) is 0 Å². The van der Waals surface area contributed by atoms with Crippen LogP contribution in [0, 0.1) is 5.41 Å². The zero-order chi connectivity index (χ0) is 10.9. The first-order chi connectivity index (χ1) is 6.32. The van der Waals surface area contributed by atoms with Gasteiger partial charge in [0.1, 0.15) is 0 Å². The molecule has 0 unspecified atom stereocenters. The van der Waals surface area contributed by atoms with Crippen LogP contribution in [0.5, 0.6) is 0 Å². The average Bonchev–Trinajstić information content (AvgIpc) is 2.07. The summed E-state index contributed by atoms with van der Waals surface area (Å²) in [6.45, 7) is 5.63. The van der Waals surface area contributed by atoms with E-state index in [-0.39, 0.29) is 11.2 Å². The highest BCUT2D eigenvalue weighted by Crippen LogP contribution is 2.24. The number of anilines is 2. The van der Waals surface area contributed by atoms with Gasteiger partial charge >= 0.3 is 0 Å². The number of hydrogen-bond acceptors (Lipinski definition) is 3. The molecule has 0 radical (unpaired) electrons. The van der Waals surface area contributed by atoms with Crippen molar-refractivity contribution in [2.45, 2.75) is 20.8 Å². The van der Waals surface area contributed by atoms with Crippen molar-refractivity contribution in [3.63, 3.8) is 0 Å². The SMILES string of the molecule is CC(C)(C)C(=O)c1ccc(N)c(N)c1. The lowest BCUT2D eigenvalue weighted by Crippen LogP contribution is -2.20. The summed E-state index contributed by atoms with van der Waals surface area (Å²) in [5.74, 6) is 0.0733. The molecule has 0 aliphatic carbocycles. The van der Waals surface area contributed by atoms with Gasteiger partial charge in [0.25, 0.3) is 0 Å². The summed E-state index contributed by atoms with van der Waals surface area (Å²) in [5.41, 5.74) is 12.4. The quantitative estimate of drug-likeness (QED) is 0.528. The smallest absolute Gasteiger partial charge is 0.168 e. The third-order valence-electron chi connectivity index (χ3n) is 2.03. The number of carbonyl (C=O) groups is 1. The van der Waals surface area contributed by atoms with Crippen LogP contribution in [0.4, 0.5) is 11.4 Å². The van der Waals surface area contributed by atoms with Gasteiger partial charge in [-0.2, -0.15) is 0 Å². The standard InChI is InChI=1S/C11H16N2O/c1-11(2,3)10(14)7-4-5-8(12)9(13)6-7/h4-6H,12-13H2,1-3H3. The maximum atomic E-state index is 11.8. The molecule has 4 N–H and O–H groups in total. The van der Waals surface area contributed by atoms with E-state index in [2.05, 4.69) is 0 Å². The number of hydrogen-bond donors (Lipinski definition) is 2. The molecule has 0 saturated carbocycles. The van der Waals surface area contributed by atoms with Crippen molar-refractivity contribution in [3.8, 4) is 0 Å². The van der Waals surface area contributed by atoms with E-state index >= 15 is 0 Å². The van der Waals surface area contributed by atoms with Crippen LogP contribution in [0.2, 0.25) is 0 Å². The first-order valence-corrected chi connectivity index (χ1v) is 4.52. The third-order valence-corrected chi connectivity index (χ3v) is 2.03. The molecule has 0 aliphatic heterocycles. The number of carbonyl (C=O) groups excluding carboxylic acids is 1. The molecule has 14 heavy (non-hydrogen) atoms. The molecule has 1 rings (SSSR count). The summed E-state index contributed by atoms with van der Waals surface area (Å²) in [7, 11) is 0. The molecule has 0 saturated heterocycles. The van der Waals surface area contributed by atoms with E-state index in [1.54, 1.807) is 18.2 Å². The Morgan fingerprint density at radius 1 is 1.14 bits per heavy atom. The molecule has 0 aliphatic rings. The molecule has 0 atom stereocenters. The van der Waals surface area contributed by atoms with Gasteiger partial charge in [0, 0.05) is 11.0 Å². The van der Waals surface area contributed by atoms with Crippen LogP contribution < -0.4 is 11.5 Å². The van der Waals surface area contributed by atoms with E-state index in [9.17, 15) is 4.79 Å². The molecule has 0 amide bonds. The van der Waals surface area contributed by atoms with Crippen molar-refractivity contribution in [2.75, 3.05) is 11.5 Å². The van der Waals surface area contributed by atoms with Gasteiger partial charge in [-0.05, 0) is 18.2 Å². The summed E-state index contributed by atoms with van der Waals surface area (Å²) in [6.07, 6.45) is 0. The van der Waals surface area contributed by atoms with Crippen LogP contribution in [0.15, 0.2) is 18.2 Å². The minimum atomic E-state index is -0.386. The maximum Gasteiger partial charge on any atom is 0.168 e. The van der Waals surface area contributed by atoms with Crippen molar-refractivity contribution in [1.29, 1.82) is 0 Å². The highest BCUT2D eigenvalue weighted by Gasteiger charge is 2.22. The highest BCUT2D eigenvalue weighted by atomic mass is 16.1. The van der Waals surface area contributed by atoms with Crippen LogP contribution in [0.1, 0.15) is 31.1 Å². The Morgan fingerprint density at radius 2 is 1.71 bits per heavy atom. The molecule has 1 aromatic carbocycles. The Kier molecular flexibility index (Phi) is 2.51. The molecule has 3 heteroatoms. The summed E-state index contributed by atoms with van der Waals surface area (Å²) in [5, 5.41) is 0. The fraction of sp³-hybridized carbons (Fsp3) is 0.364. The number of Topliss-reactive ketones (excluding diaryl/α,β-unsaturated/α-hetero) is 1. The first kappa shape index (κ1) is 10.6. The van der Waals surface area contributed by atoms with Crippen molar-refractivity contribution >= 4 is 17.2 Å². The lowest BCUT2D eigenvalue weighted by atomic mass is 9.86. The van der Waals surface area contributed by atoms with Gasteiger partial charge < -0.3 is 11.5 Å². The summed E-state index contributed by atoms with van der Waals surface area (Å²) >= 11 is 0. The molecule has 0 fully saturated rings. The Labute approximate surface area is 84.1 Å². The Balaban J connectivity index is 3.10. The Bertz CT molecular complexity index is 364. The van der Waals surface area contributed by atoms with Gasteiger partial charge in [-0.3, -0.25) is 4.79 Å². The lowest BCUT2D eigenvalue weighted by molar-refractivity contribution is 0.0858. The molecule has 0 spiro atoms. The predicted octanol–water partition coefficient (Wildman–Crippen LogP) is 2.08. The molecule has 3 nitrogen and oxygen atoms in total. The number of rotatable bonds is 1. The van der Waals surface area contributed by atoms with E-state index in [4.69, 9.17) is 11.5 Å². The molecule has 0 heterocycles. The second-order valence-corrected chi connectivity index (χ2v) is 4.42. The number of nitrogen functional groups attached to an aromatic ring is 2. The van der Waals surface area contributed by atoms with Crippen LogP contribution in [0.25, 0.3) is 0 Å². The molecule has 76 valence electrons. The highest BCUT2D eigenvalue weighted by molar-refractivity contribution is 6.01. The minimum absolute atomic E-state index is 0.0733. The predicted molar refractivity (Wildman–Crippen MR) is 59.1 cm³/mol. The molecular formula is C11H16N2O. The van der Waals surface area contributed by atoms with Crippen LogP contribution >= 0.6 is 0 Å². The zero-order valence-corrected chi connectivity index (χ0v) is 8.79. The molecular weight excluding hydrogens is 176 g/mol. The summed E-state index contributed by atoms with van der Waals surface area (Å²) in [6, 6.07) is 5.00. The molecule has 0 bridgehead atoms. The third kappa shape index (κ3) is 2.05. The van der Waals surface area contributed by atoms with E-state index in [1.807, 2.05) is 20.8 Å². The fourth-order valence-electron chi connectivity index (χ4n) is 1.15. The Morgan fingerprint density at radius 3 is 2.14 bits per heavy atom. The van der Waals surface area contributed by atoms with Crippen molar-refractivity contribution < 1.29 is 4.79 Å². The number of ketones is 1. The largest absolute Gasteiger partial charge is 0.397 e. The molecule has 1 aromatic rings. The van der Waals surface area contributed by atoms with Gasteiger partial charge in [0.05, 0.1) is 11.4 Å². The maximum absolute atomic E-state index is 11.8.